The third-order valence-corrected chi connectivity index (χ3v) is 2.98. The molecule has 1 aromatic carbocycles. The van der Waals surface area contributed by atoms with Crippen LogP contribution in [0.1, 0.15) is 24.2 Å². The van der Waals surface area contributed by atoms with Gasteiger partial charge in [-0.25, -0.2) is 0 Å². The van der Waals surface area contributed by atoms with Crippen LogP contribution < -0.4 is 5.73 Å². The van der Waals surface area contributed by atoms with Gasteiger partial charge in [0, 0.05) is 18.7 Å². The van der Waals surface area contributed by atoms with E-state index < -0.39 is 0 Å². The fraction of sp³-hybridized carbons (Fsp3) is 0.462. The zero-order chi connectivity index (χ0) is 13.3. The Morgan fingerprint density at radius 3 is 2.56 bits per heavy atom. The van der Waals surface area contributed by atoms with Gasteiger partial charge in [-0.2, -0.15) is 0 Å². The van der Waals surface area contributed by atoms with Gasteiger partial charge in [0.05, 0.1) is 17.9 Å². The summed E-state index contributed by atoms with van der Waals surface area (Å²) >= 11 is 0. The molecule has 1 saturated heterocycles. The molecule has 98 valence electrons. The van der Waals surface area contributed by atoms with Gasteiger partial charge in [0.1, 0.15) is 5.75 Å². The average molecular weight is 250 g/mol. The molecule has 1 heterocycles. The van der Waals surface area contributed by atoms with E-state index in [9.17, 15) is 9.90 Å². The Balaban J connectivity index is 2.17. The minimum absolute atomic E-state index is 0.0279. The Morgan fingerprint density at radius 1 is 1.39 bits per heavy atom. The lowest BCUT2D eigenvalue weighted by molar-refractivity contribution is -0.0586. The van der Waals surface area contributed by atoms with E-state index in [1.807, 2.05) is 13.8 Å². The fourth-order valence-electron chi connectivity index (χ4n) is 2.20. The fourth-order valence-corrected chi connectivity index (χ4v) is 2.20. The molecule has 5 heteroatoms. The third kappa shape index (κ3) is 2.56. The number of amides is 1. The van der Waals surface area contributed by atoms with Crippen LogP contribution in [0.4, 0.5) is 5.69 Å². The highest BCUT2D eigenvalue weighted by atomic mass is 16.5. The molecule has 1 aliphatic rings. The summed E-state index contributed by atoms with van der Waals surface area (Å²) in [5, 5.41) is 9.53. The molecular formula is C13H18N2O3. The summed E-state index contributed by atoms with van der Waals surface area (Å²) in [4.78, 5) is 14.0. The normalized spacial score (nSPS) is 24.0. The van der Waals surface area contributed by atoms with Gasteiger partial charge in [0.25, 0.3) is 5.91 Å². The number of carbonyl (C=O) groups excluding carboxylic acids is 1. The molecule has 0 bridgehead atoms. The largest absolute Gasteiger partial charge is 0.506 e. The molecular weight excluding hydrogens is 232 g/mol. The number of nitrogen functional groups attached to an aromatic ring is 1. The van der Waals surface area contributed by atoms with Crippen LogP contribution in [0.15, 0.2) is 18.2 Å². The molecule has 0 aliphatic carbocycles. The number of phenolic OH excluding ortho intramolecular Hbond substituents is 1. The lowest BCUT2D eigenvalue weighted by Gasteiger charge is -2.35. The zero-order valence-corrected chi connectivity index (χ0v) is 10.6. The Labute approximate surface area is 106 Å². The first-order chi connectivity index (χ1) is 8.47. The number of nitrogens with two attached hydrogens (primary N) is 1. The van der Waals surface area contributed by atoms with Gasteiger partial charge in [0.2, 0.25) is 0 Å². The first-order valence-corrected chi connectivity index (χ1v) is 6.00. The number of hydrogen-bond acceptors (Lipinski definition) is 4. The number of carbonyl (C=O) groups is 1. The maximum absolute atomic E-state index is 12.3. The second kappa shape index (κ2) is 4.86. The first-order valence-electron chi connectivity index (χ1n) is 6.00. The average Bonchev–Trinajstić information content (AvgIpc) is 2.30. The van der Waals surface area contributed by atoms with Crippen LogP contribution in [0.2, 0.25) is 0 Å². The van der Waals surface area contributed by atoms with Crippen LogP contribution in [0.25, 0.3) is 0 Å². The monoisotopic (exact) mass is 250 g/mol. The maximum Gasteiger partial charge on any atom is 0.254 e. The number of hydrogen-bond donors (Lipinski definition) is 2. The number of nitrogens with zero attached hydrogens (tertiary/aromatic N) is 1. The predicted molar refractivity (Wildman–Crippen MR) is 68.4 cm³/mol. The number of aromatic hydroxyl groups is 1. The Hall–Kier alpha value is -1.75. The van der Waals surface area contributed by atoms with E-state index in [4.69, 9.17) is 10.5 Å². The van der Waals surface area contributed by atoms with E-state index in [0.29, 0.717) is 18.7 Å². The summed E-state index contributed by atoms with van der Waals surface area (Å²) in [6.07, 6.45) is 0.0557. The summed E-state index contributed by atoms with van der Waals surface area (Å²) in [5.74, 6) is -0.164. The number of ether oxygens (including phenoxy) is 1. The lowest BCUT2D eigenvalue weighted by Crippen LogP contribution is -2.48. The highest BCUT2D eigenvalue weighted by Gasteiger charge is 2.26. The number of anilines is 1. The van der Waals surface area contributed by atoms with Crippen molar-refractivity contribution in [3.05, 3.63) is 23.8 Å². The SMILES string of the molecule is C[C@@H]1CN(C(=O)c2ccc(N)c(O)c2)C[C@H](C)O1. The van der Waals surface area contributed by atoms with Crippen molar-refractivity contribution in [2.45, 2.75) is 26.1 Å². The summed E-state index contributed by atoms with van der Waals surface area (Å²) in [7, 11) is 0. The standard InChI is InChI=1S/C13H18N2O3/c1-8-6-15(7-9(2)18-8)13(17)10-3-4-11(14)12(16)5-10/h3-5,8-9,16H,6-7,14H2,1-2H3/t8-,9+. The van der Waals surface area contributed by atoms with Crippen molar-refractivity contribution in [3.63, 3.8) is 0 Å². The van der Waals surface area contributed by atoms with Crippen LogP contribution in [0.3, 0.4) is 0 Å². The van der Waals surface area contributed by atoms with Crippen molar-refractivity contribution < 1.29 is 14.6 Å². The van der Waals surface area contributed by atoms with E-state index in [2.05, 4.69) is 0 Å². The third-order valence-electron chi connectivity index (χ3n) is 2.98. The van der Waals surface area contributed by atoms with E-state index in [1.165, 1.54) is 12.1 Å². The Morgan fingerprint density at radius 2 is 2.00 bits per heavy atom. The number of morpholine rings is 1. The van der Waals surface area contributed by atoms with Crippen LogP contribution >= 0.6 is 0 Å². The van der Waals surface area contributed by atoms with Crippen molar-refractivity contribution in [3.8, 4) is 5.75 Å². The number of benzene rings is 1. The molecule has 18 heavy (non-hydrogen) atoms. The molecule has 0 radical (unpaired) electrons. The molecule has 1 amide bonds. The topological polar surface area (TPSA) is 75.8 Å². The molecule has 0 unspecified atom stereocenters. The molecule has 1 aliphatic heterocycles. The molecule has 1 fully saturated rings. The van der Waals surface area contributed by atoms with Gasteiger partial charge < -0.3 is 20.5 Å². The smallest absolute Gasteiger partial charge is 0.254 e. The lowest BCUT2D eigenvalue weighted by atomic mass is 10.1. The van der Waals surface area contributed by atoms with Gasteiger partial charge in [0.15, 0.2) is 0 Å². The van der Waals surface area contributed by atoms with E-state index in [-0.39, 0.29) is 29.6 Å². The molecule has 0 spiro atoms. The van der Waals surface area contributed by atoms with Crippen molar-refractivity contribution in [2.24, 2.45) is 0 Å². The van der Waals surface area contributed by atoms with E-state index in [0.717, 1.165) is 0 Å². The van der Waals surface area contributed by atoms with Gasteiger partial charge in [-0.15, -0.1) is 0 Å². The maximum atomic E-state index is 12.3. The van der Waals surface area contributed by atoms with Crippen molar-refractivity contribution in [1.82, 2.24) is 4.90 Å². The molecule has 5 nitrogen and oxygen atoms in total. The van der Waals surface area contributed by atoms with Gasteiger partial charge in [-0.3, -0.25) is 4.79 Å². The summed E-state index contributed by atoms with van der Waals surface area (Å²) in [6.45, 7) is 5.01. The molecule has 0 saturated carbocycles. The highest BCUT2D eigenvalue weighted by molar-refractivity contribution is 5.95. The second-order valence-corrected chi connectivity index (χ2v) is 4.74. The van der Waals surface area contributed by atoms with Gasteiger partial charge in [-0.1, -0.05) is 0 Å². The van der Waals surface area contributed by atoms with Crippen molar-refractivity contribution >= 4 is 11.6 Å². The molecule has 3 N–H and O–H groups in total. The van der Waals surface area contributed by atoms with Crippen LogP contribution in [0.5, 0.6) is 5.75 Å². The van der Waals surface area contributed by atoms with Crippen molar-refractivity contribution in [2.75, 3.05) is 18.8 Å². The minimum atomic E-state index is -0.104. The predicted octanol–water partition coefficient (Wildman–Crippen LogP) is 1.22. The number of phenols is 1. The molecule has 2 atom stereocenters. The first kappa shape index (κ1) is 12.7. The molecule has 0 aromatic heterocycles. The quantitative estimate of drug-likeness (QED) is 0.580. The molecule has 1 aromatic rings. The summed E-state index contributed by atoms with van der Waals surface area (Å²) in [6, 6.07) is 4.57. The van der Waals surface area contributed by atoms with E-state index >= 15 is 0 Å². The van der Waals surface area contributed by atoms with Gasteiger partial charge >= 0.3 is 0 Å². The second-order valence-electron chi connectivity index (χ2n) is 4.74. The number of rotatable bonds is 1. The van der Waals surface area contributed by atoms with Crippen molar-refractivity contribution in [1.29, 1.82) is 0 Å². The highest BCUT2D eigenvalue weighted by Crippen LogP contribution is 2.22. The summed E-state index contributed by atoms with van der Waals surface area (Å²) < 4.78 is 5.58. The Bertz CT molecular complexity index is 452. The molecule has 2 rings (SSSR count). The van der Waals surface area contributed by atoms with E-state index in [1.54, 1.807) is 11.0 Å². The minimum Gasteiger partial charge on any atom is -0.506 e. The summed E-state index contributed by atoms with van der Waals surface area (Å²) in [5.41, 5.74) is 6.24. The van der Waals surface area contributed by atoms with Crippen LogP contribution in [-0.4, -0.2) is 41.2 Å². The van der Waals surface area contributed by atoms with Crippen LogP contribution in [-0.2, 0) is 4.74 Å². The Kier molecular flexibility index (Phi) is 3.43. The zero-order valence-electron chi connectivity index (χ0n) is 10.6. The van der Waals surface area contributed by atoms with Crippen LogP contribution in [0, 0.1) is 0 Å². The van der Waals surface area contributed by atoms with Gasteiger partial charge in [-0.05, 0) is 32.0 Å².